The van der Waals surface area contributed by atoms with Crippen molar-refractivity contribution < 1.29 is 0 Å². The summed E-state index contributed by atoms with van der Waals surface area (Å²) in [5.74, 6) is 0. The Labute approximate surface area is 111 Å². The summed E-state index contributed by atoms with van der Waals surface area (Å²) in [4.78, 5) is 5.13. The lowest BCUT2D eigenvalue weighted by atomic mass is 10.3. The maximum atomic E-state index is 5.85. The van der Waals surface area contributed by atoms with Gasteiger partial charge in [-0.05, 0) is 28.1 Å². The monoisotopic (exact) mass is 317 g/mol. The molecule has 16 heavy (non-hydrogen) atoms. The van der Waals surface area contributed by atoms with Gasteiger partial charge in [-0.15, -0.1) is 11.3 Å². The number of anilines is 2. The molecule has 0 atom stereocenters. The van der Waals surface area contributed by atoms with Crippen molar-refractivity contribution in [2.24, 2.45) is 0 Å². The molecule has 0 radical (unpaired) electrons. The molecule has 0 spiro atoms. The first kappa shape index (κ1) is 11.7. The van der Waals surface area contributed by atoms with Gasteiger partial charge in [0.25, 0.3) is 0 Å². The second-order valence-corrected chi connectivity index (χ2v) is 5.80. The molecular weight excluding hydrogens is 310 g/mol. The summed E-state index contributed by atoms with van der Waals surface area (Å²) in [5.41, 5.74) is 7.30. The number of hydrogen-bond acceptors (Lipinski definition) is 4. The molecule has 84 valence electrons. The number of halogens is 2. The van der Waals surface area contributed by atoms with Gasteiger partial charge in [-0.1, -0.05) is 11.6 Å². The van der Waals surface area contributed by atoms with Crippen LogP contribution in [0.15, 0.2) is 29.0 Å². The van der Waals surface area contributed by atoms with Gasteiger partial charge in [0.2, 0.25) is 0 Å². The average Bonchev–Trinajstić information content (AvgIpc) is 2.63. The summed E-state index contributed by atoms with van der Waals surface area (Å²) >= 11 is 10.8. The van der Waals surface area contributed by atoms with Crippen LogP contribution >= 0.6 is 38.9 Å². The molecule has 0 aliphatic rings. The molecule has 0 fully saturated rings. The quantitative estimate of drug-likeness (QED) is 0.906. The molecule has 2 aromatic rings. The number of nitrogens with zero attached hydrogens (tertiary/aromatic N) is 1. The van der Waals surface area contributed by atoms with E-state index in [1.165, 1.54) is 0 Å². The van der Waals surface area contributed by atoms with Gasteiger partial charge in [-0.3, -0.25) is 4.98 Å². The first-order valence-corrected chi connectivity index (χ1v) is 6.52. The number of nitrogens with one attached hydrogen (secondary N) is 1. The maximum Gasteiger partial charge on any atom is 0.0931 e. The Kier molecular flexibility index (Phi) is 3.68. The van der Waals surface area contributed by atoms with Crippen LogP contribution in [0.4, 0.5) is 11.4 Å². The van der Waals surface area contributed by atoms with Gasteiger partial charge < -0.3 is 11.1 Å². The summed E-state index contributed by atoms with van der Waals surface area (Å²) in [7, 11) is 0. The molecule has 0 saturated heterocycles. The van der Waals surface area contributed by atoms with E-state index < -0.39 is 0 Å². The Morgan fingerprint density at radius 3 is 2.88 bits per heavy atom. The van der Waals surface area contributed by atoms with Crippen LogP contribution in [0.1, 0.15) is 4.88 Å². The first-order valence-electron chi connectivity index (χ1n) is 4.54. The van der Waals surface area contributed by atoms with Crippen LogP contribution in [0.25, 0.3) is 0 Å². The highest BCUT2D eigenvalue weighted by atomic mass is 79.9. The van der Waals surface area contributed by atoms with Crippen LogP contribution in [0, 0.1) is 0 Å². The van der Waals surface area contributed by atoms with E-state index in [-0.39, 0.29) is 0 Å². The summed E-state index contributed by atoms with van der Waals surface area (Å²) in [6.07, 6.45) is 3.33. The van der Waals surface area contributed by atoms with E-state index in [9.17, 15) is 0 Å². The highest BCUT2D eigenvalue weighted by Gasteiger charge is 2.05. The average molecular weight is 319 g/mol. The number of aromatic nitrogens is 1. The van der Waals surface area contributed by atoms with Crippen molar-refractivity contribution in [3.63, 3.8) is 0 Å². The minimum Gasteiger partial charge on any atom is -0.396 e. The summed E-state index contributed by atoms with van der Waals surface area (Å²) < 4.78 is 1.65. The zero-order chi connectivity index (χ0) is 11.5. The Bertz CT molecular complexity index is 480. The zero-order valence-electron chi connectivity index (χ0n) is 8.21. The smallest absolute Gasteiger partial charge is 0.0931 e. The Morgan fingerprint density at radius 2 is 2.25 bits per heavy atom. The predicted molar refractivity (Wildman–Crippen MR) is 73.0 cm³/mol. The van der Waals surface area contributed by atoms with Crippen LogP contribution in [0.5, 0.6) is 0 Å². The number of rotatable bonds is 3. The molecule has 0 bridgehead atoms. The highest BCUT2D eigenvalue weighted by Crippen LogP contribution is 2.28. The van der Waals surface area contributed by atoms with E-state index in [0.717, 1.165) is 19.4 Å². The summed E-state index contributed by atoms with van der Waals surface area (Å²) in [6.45, 7) is 0.699. The first-order chi connectivity index (χ1) is 7.66. The molecule has 6 heteroatoms. The molecular formula is C10H9BrClN3S. The van der Waals surface area contributed by atoms with E-state index in [1.54, 1.807) is 23.7 Å². The topological polar surface area (TPSA) is 50.9 Å². The van der Waals surface area contributed by atoms with Crippen LogP contribution in [-0.2, 0) is 6.54 Å². The molecule has 0 unspecified atom stereocenters. The van der Waals surface area contributed by atoms with Gasteiger partial charge >= 0.3 is 0 Å². The SMILES string of the molecule is Nc1cncc(Br)c1NCc1ccc(Cl)s1. The van der Waals surface area contributed by atoms with Crippen molar-refractivity contribution in [3.8, 4) is 0 Å². The van der Waals surface area contributed by atoms with Crippen molar-refractivity contribution in [1.82, 2.24) is 4.98 Å². The van der Waals surface area contributed by atoms with Crippen molar-refractivity contribution >= 4 is 50.2 Å². The van der Waals surface area contributed by atoms with Crippen LogP contribution in [0.3, 0.4) is 0 Å². The number of nitrogens with two attached hydrogens (primary N) is 1. The highest BCUT2D eigenvalue weighted by molar-refractivity contribution is 9.10. The lowest BCUT2D eigenvalue weighted by Crippen LogP contribution is -2.02. The van der Waals surface area contributed by atoms with Gasteiger partial charge in [0.05, 0.1) is 26.4 Å². The molecule has 0 amide bonds. The minimum absolute atomic E-state index is 0.622. The summed E-state index contributed by atoms with van der Waals surface area (Å²) in [5, 5.41) is 3.25. The molecule has 2 heterocycles. The Balaban J connectivity index is 2.10. The fraction of sp³-hybridized carbons (Fsp3) is 0.100. The molecule has 3 nitrogen and oxygen atoms in total. The van der Waals surface area contributed by atoms with Gasteiger partial charge in [-0.25, -0.2) is 0 Å². The second-order valence-electron chi connectivity index (χ2n) is 3.14. The number of hydrogen-bond donors (Lipinski definition) is 2. The molecule has 0 aromatic carbocycles. The molecule has 3 N–H and O–H groups in total. The summed E-state index contributed by atoms with van der Waals surface area (Å²) in [6, 6.07) is 3.87. The van der Waals surface area contributed by atoms with Gasteiger partial charge in [-0.2, -0.15) is 0 Å². The third-order valence-electron chi connectivity index (χ3n) is 2.00. The number of pyridine rings is 1. The second kappa shape index (κ2) is 5.03. The van der Waals surface area contributed by atoms with E-state index in [2.05, 4.69) is 26.2 Å². The van der Waals surface area contributed by atoms with Crippen LogP contribution < -0.4 is 11.1 Å². The standard InChI is InChI=1S/C10H9BrClN3S/c11-7-4-14-5-8(13)10(7)15-3-6-1-2-9(12)16-6/h1-2,4-5H,3,13H2,(H,14,15). The molecule has 2 rings (SSSR count). The lowest BCUT2D eigenvalue weighted by Gasteiger charge is -2.09. The fourth-order valence-electron chi connectivity index (χ4n) is 1.26. The molecule has 2 aromatic heterocycles. The van der Waals surface area contributed by atoms with Gasteiger partial charge in [0.15, 0.2) is 0 Å². The van der Waals surface area contributed by atoms with Crippen molar-refractivity contribution in [2.45, 2.75) is 6.54 Å². The van der Waals surface area contributed by atoms with Crippen molar-refractivity contribution in [2.75, 3.05) is 11.1 Å². The van der Waals surface area contributed by atoms with Gasteiger partial charge in [0, 0.05) is 17.6 Å². The van der Waals surface area contributed by atoms with E-state index in [1.807, 2.05) is 12.1 Å². The Morgan fingerprint density at radius 1 is 1.44 bits per heavy atom. The Hall–Kier alpha value is -0.780. The number of nitrogen functional groups attached to an aromatic ring is 1. The molecule has 0 aliphatic heterocycles. The van der Waals surface area contributed by atoms with Gasteiger partial charge in [0.1, 0.15) is 0 Å². The predicted octanol–water partition coefficient (Wildman–Crippen LogP) is 3.75. The van der Waals surface area contributed by atoms with Crippen molar-refractivity contribution in [1.29, 1.82) is 0 Å². The molecule has 0 saturated carbocycles. The van der Waals surface area contributed by atoms with Crippen LogP contribution in [-0.4, -0.2) is 4.98 Å². The van der Waals surface area contributed by atoms with E-state index in [0.29, 0.717) is 12.2 Å². The lowest BCUT2D eigenvalue weighted by molar-refractivity contribution is 1.18. The fourth-order valence-corrected chi connectivity index (χ4v) is 2.77. The third kappa shape index (κ3) is 2.66. The van der Waals surface area contributed by atoms with Crippen LogP contribution in [0.2, 0.25) is 4.34 Å². The largest absolute Gasteiger partial charge is 0.396 e. The van der Waals surface area contributed by atoms with E-state index >= 15 is 0 Å². The molecule has 0 aliphatic carbocycles. The third-order valence-corrected chi connectivity index (χ3v) is 3.83. The number of thiophene rings is 1. The van der Waals surface area contributed by atoms with Crippen molar-refractivity contribution in [3.05, 3.63) is 38.2 Å². The maximum absolute atomic E-state index is 5.85. The minimum atomic E-state index is 0.622. The van der Waals surface area contributed by atoms with E-state index in [4.69, 9.17) is 17.3 Å². The zero-order valence-corrected chi connectivity index (χ0v) is 11.4. The normalized spacial score (nSPS) is 10.4.